The Morgan fingerprint density at radius 2 is 1.82 bits per heavy atom. The molecule has 0 aliphatic carbocycles. The lowest BCUT2D eigenvalue weighted by Crippen LogP contribution is -2.38. The number of hydrogen-bond donors (Lipinski definition) is 0. The summed E-state index contributed by atoms with van der Waals surface area (Å²) in [5.74, 6) is 0.793. The zero-order valence-electron chi connectivity index (χ0n) is 18.7. The predicted octanol–water partition coefficient (Wildman–Crippen LogP) is 5.28. The number of benzene rings is 2. The second-order valence-electron chi connectivity index (χ2n) is 8.39. The van der Waals surface area contributed by atoms with Gasteiger partial charge in [-0.05, 0) is 48.7 Å². The summed E-state index contributed by atoms with van der Waals surface area (Å²) < 4.78 is 21.0. The van der Waals surface area contributed by atoms with Crippen LogP contribution >= 0.6 is 0 Å². The standard InChI is InChI=1S/C27H25FN4O2/c28-22-7-3-8-23(18-22)34-26-11-4-10-25(30-26)20-12-16-31(17-13-20)27(33)24-9-2-1-6-21(24)19-32-15-5-14-29-32/h1-11,14-15,18,20H,12-13,16-17,19H2. The third kappa shape index (κ3) is 4.98. The summed E-state index contributed by atoms with van der Waals surface area (Å²) in [6, 6.07) is 21.3. The normalized spacial score (nSPS) is 14.2. The molecule has 0 saturated carbocycles. The second kappa shape index (κ2) is 9.87. The van der Waals surface area contributed by atoms with Crippen molar-refractivity contribution in [2.45, 2.75) is 25.3 Å². The van der Waals surface area contributed by atoms with E-state index in [4.69, 9.17) is 4.74 Å². The molecule has 5 rings (SSSR count). The maximum atomic E-state index is 13.4. The molecule has 1 aliphatic heterocycles. The Balaban J connectivity index is 1.24. The third-order valence-corrected chi connectivity index (χ3v) is 6.10. The molecule has 6 nitrogen and oxygen atoms in total. The number of carbonyl (C=O) groups excluding carboxylic acids is 1. The zero-order valence-corrected chi connectivity index (χ0v) is 18.7. The van der Waals surface area contributed by atoms with Crippen LogP contribution in [0.4, 0.5) is 4.39 Å². The Hall–Kier alpha value is -4.00. The first-order valence-electron chi connectivity index (χ1n) is 11.4. The summed E-state index contributed by atoms with van der Waals surface area (Å²) in [7, 11) is 0. The van der Waals surface area contributed by atoms with Crippen LogP contribution in [0.3, 0.4) is 0 Å². The van der Waals surface area contributed by atoms with Gasteiger partial charge in [0.25, 0.3) is 5.91 Å². The van der Waals surface area contributed by atoms with Gasteiger partial charge in [0.2, 0.25) is 5.88 Å². The van der Waals surface area contributed by atoms with E-state index in [9.17, 15) is 9.18 Å². The molecule has 4 aromatic rings. The van der Waals surface area contributed by atoms with Gasteiger partial charge in [-0.1, -0.05) is 30.3 Å². The first-order chi connectivity index (χ1) is 16.7. The van der Waals surface area contributed by atoms with E-state index < -0.39 is 0 Å². The minimum absolute atomic E-state index is 0.0531. The number of halogens is 1. The molecule has 0 bridgehead atoms. The highest BCUT2D eigenvalue weighted by Crippen LogP contribution is 2.30. The molecule has 1 saturated heterocycles. The zero-order chi connectivity index (χ0) is 23.3. The highest BCUT2D eigenvalue weighted by atomic mass is 19.1. The van der Waals surface area contributed by atoms with Crippen molar-refractivity contribution < 1.29 is 13.9 Å². The van der Waals surface area contributed by atoms with E-state index in [1.165, 1.54) is 12.1 Å². The lowest BCUT2D eigenvalue weighted by Gasteiger charge is -2.32. The van der Waals surface area contributed by atoms with Crippen LogP contribution in [0.1, 0.15) is 40.4 Å². The van der Waals surface area contributed by atoms with E-state index in [2.05, 4.69) is 10.1 Å². The van der Waals surface area contributed by atoms with E-state index >= 15 is 0 Å². The second-order valence-corrected chi connectivity index (χ2v) is 8.39. The molecule has 1 aliphatic rings. The molecule has 34 heavy (non-hydrogen) atoms. The van der Waals surface area contributed by atoms with Crippen molar-refractivity contribution in [2.75, 3.05) is 13.1 Å². The molecule has 172 valence electrons. The average Bonchev–Trinajstić information content (AvgIpc) is 3.37. The molecule has 1 fully saturated rings. The largest absolute Gasteiger partial charge is 0.439 e. The lowest BCUT2D eigenvalue weighted by molar-refractivity contribution is 0.0710. The Kier molecular flexibility index (Phi) is 6.33. The maximum absolute atomic E-state index is 13.4. The minimum atomic E-state index is -0.350. The molecule has 7 heteroatoms. The number of carbonyl (C=O) groups is 1. The van der Waals surface area contributed by atoms with Crippen LogP contribution in [0.2, 0.25) is 0 Å². The van der Waals surface area contributed by atoms with Crippen molar-refractivity contribution in [2.24, 2.45) is 0 Å². The number of hydrogen-bond acceptors (Lipinski definition) is 4. The molecule has 2 aromatic carbocycles. The molecule has 3 heterocycles. The fourth-order valence-electron chi connectivity index (χ4n) is 4.35. The number of piperidine rings is 1. The van der Waals surface area contributed by atoms with Gasteiger partial charge in [0, 0.05) is 54.8 Å². The number of rotatable bonds is 6. The van der Waals surface area contributed by atoms with Gasteiger partial charge >= 0.3 is 0 Å². The van der Waals surface area contributed by atoms with Gasteiger partial charge in [0.1, 0.15) is 11.6 Å². The van der Waals surface area contributed by atoms with Crippen molar-refractivity contribution in [3.05, 3.63) is 108 Å². The lowest BCUT2D eigenvalue weighted by atomic mass is 9.92. The minimum Gasteiger partial charge on any atom is -0.439 e. The van der Waals surface area contributed by atoms with Crippen molar-refractivity contribution in [1.82, 2.24) is 19.7 Å². The van der Waals surface area contributed by atoms with E-state index in [0.717, 1.165) is 29.7 Å². The highest BCUT2D eigenvalue weighted by molar-refractivity contribution is 5.95. The van der Waals surface area contributed by atoms with Gasteiger partial charge < -0.3 is 9.64 Å². The van der Waals surface area contributed by atoms with Crippen molar-refractivity contribution >= 4 is 5.91 Å². The van der Waals surface area contributed by atoms with Crippen LogP contribution in [-0.4, -0.2) is 38.7 Å². The monoisotopic (exact) mass is 456 g/mol. The first-order valence-corrected chi connectivity index (χ1v) is 11.4. The maximum Gasteiger partial charge on any atom is 0.254 e. The third-order valence-electron chi connectivity index (χ3n) is 6.10. The quantitative estimate of drug-likeness (QED) is 0.396. The van der Waals surface area contributed by atoms with Crippen LogP contribution in [0.25, 0.3) is 0 Å². The molecular weight excluding hydrogens is 431 g/mol. The molecular formula is C27H25FN4O2. The molecule has 1 amide bonds. The fourth-order valence-corrected chi connectivity index (χ4v) is 4.35. The summed E-state index contributed by atoms with van der Waals surface area (Å²) in [6.07, 6.45) is 5.28. The Bertz CT molecular complexity index is 1270. The Labute approximate surface area is 197 Å². The number of ether oxygens (including phenoxy) is 1. The Morgan fingerprint density at radius 1 is 1.00 bits per heavy atom. The van der Waals surface area contributed by atoms with Crippen LogP contribution in [0.5, 0.6) is 11.6 Å². The number of amides is 1. The smallest absolute Gasteiger partial charge is 0.254 e. The molecule has 0 unspecified atom stereocenters. The van der Waals surface area contributed by atoms with E-state index in [-0.39, 0.29) is 17.6 Å². The SMILES string of the molecule is O=C(c1ccccc1Cn1cccn1)N1CCC(c2cccc(Oc3cccc(F)c3)n2)CC1. The highest BCUT2D eigenvalue weighted by Gasteiger charge is 2.26. The van der Waals surface area contributed by atoms with Gasteiger partial charge in [-0.2, -0.15) is 5.10 Å². The van der Waals surface area contributed by atoms with Crippen LogP contribution in [-0.2, 0) is 6.54 Å². The topological polar surface area (TPSA) is 60.2 Å². The molecule has 0 radical (unpaired) electrons. The summed E-state index contributed by atoms with van der Waals surface area (Å²) in [5, 5.41) is 4.26. The predicted molar refractivity (Wildman–Crippen MR) is 126 cm³/mol. The number of likely N-dealkylation sites (tertiary alicyclic amines) is 1. The van der Waals surface area contributed by atoms with Gasteiger partial charge in [-0.15, -0.1) is 0 Å². The Morgan fingerprint density at radius 3 is 2.62 bits per heavy atom. The molecule has 2 aromatic heterocycles. The number of pyridine rings is 1. The van der Waals surface area contributed by atoms with E-state index in [1.54, 1.807) is 24.4 Å². The van der Waals surface area contributed by atoms with Crippen molar-refractivity contribution in [3.8, 4) is 11.6 Å². The fraction of sp³-hybridized carbons (Fsp3) is 0.222. The average molecular weight is 457 g/mol. The van der Waals surface area contributed by atoms with Crippen molar-refractivity contribution in [3.63, 3.8) is 0 Å². The van der Waals surface area contributed by atoms with Crippen LogP contribution in [0, 0.1) is 5.82 Å². The molecule has 0 N–H and O–H groups in total. The summed E-state index contributed by atoms with van der Waals surface area (Å²) >= 11 is 0. The van der Waals surface area contributed by atoms with Gasteiger partial charge in [0.15, 0.2) is 0 Å². The summed E-state index contributed by atoms with van der Waals surface area (Å²) in [6.45, 7) is 1.89. The van der Waals surface area contributed by atoms with Gasteiger partial charge in [0.05, 0.1) is 6.54 Å². The molecule has 0 atom stereocenters. The van der Waals surface area contributed by atoms with E-state index in [1.807, 2.05) is 58.2 Å². The number of aromatic nitrogens is 3. The van der Waals surface area contributed by atoms with Gasteiger partial charge in [-0.25, -0.2) is 9.37 Å². The summed E-state index contributed by atoms with van der Waals surface area (Å²) in [5.41, 5.74) is 2.61. The first kappa shape index (κ1) is 21.8. The summed E-state index contributed by atoms with van der Waals surface area (Å²) in [4.78, 5) is 19.9. The van der Waals surface area contributed by atoms with Gasteiger partial charge in [-0.3, -0.25) is 9.48 Å². The van der Waals surface area contributed by atoms with Crippen LogP contribution in [0.15, 0.2) is 85.2 Å². The molecule has 0 spiro atoms. The number of nitrogens with zero attached hydrogens (tertiary/aromatic N) is 4. The van der Waals surface area contributed by atoms with E-state index in [0.29, 0.717) is 31.3 Å². The van der Waals surface area contributed by atoms with Crippen molar-refractivity contribution in [1.29, 1.82) is 0 Å². The van der Waals surface area contributed by atoms with Crippen LogP contribution < -0.4 is 4.74 Å².